The fraction of sp³-hybridized carbons (Fsp3) is 0.909. The van der Waals surface area contributed by atoms with Crippen molar-refractivity contribution in [1.29, 1.82) is 5.41 Å². The first-order chi connectivity index (χ1) is 13.0. The third-order valence-corrected chi connectivity index (χ3v) is 5.30. The Hall–Kier alpha value is -1.26. The van der Waals surface area contributed by atoms with E-state index in [0.717, 1.165) is 25.8 Å². The molecule has 27 heavy (non-hydrogen) atoms. The number of nitrogens with one attached hydrogen (secondary N) is 1. The van der Waals surface area contributed by atoms with E-state index in [1.54, 1.807) is 0 Å². The largest absolute Gasteiger partial charge is 0.481 e. The average Bonchev–Trinajstić information content (AvgIpc) is 2.63. The van der Waals surface area contributed by atoms with Crippen LogP contribution in [0.15, 0.2) is 0 Å². The number of hydrogen-bond donors (Lipinski definition) is 3. The first-order valence-electron chi connectivity index (χ1n) is 11.3. The predicted molar refractivity (Wildman–Crippen MR) is 115 cm³/mol. The molecule has 0 aliphatic heterocycles. The van der Waals surface area contributed by atoms with Gasteiger partial charge >= 0.3 is 5.97 Å². The normalized spacial score (nSPS) is 10.9. The second-order valence-corrected chi connectivity index (χ2v) is 7.96. The van der Waals surface area contributed by atoms with E-state index in [2.05, 4.69) is 0 Å². The van der Waals surface area contributed by atoms with Crippen molar-refractivity contribution < 1.29 is 9.90 Å². The van der Waals surface area contributed by atoms with Gasteiger partial charge in [-0.15, -0.1) is 0 Å². The highest BCUT2D eigenvalue weighted by molar-refractivity contribution is 5.74. The molecule has 0 aromatic carbocycles. The van der Waals surface area contributed by atoms with Crippen LogP contribution in [0, 0.1) is 5.41 Å². The fourth-order valence-electron chi connectivity index (χ4n) is 3.40. The maximum absolute atomic E-state index is 10.4. The van der Waals surface area contributed by atoms with Crippen molar-refractivity contribution in [2.45, 2.75) is 116 Å². The molecule has 5 heteroatoms. The van der Waals surface area contributed by atoms with Gasteiger partial charge in [0.2, 0.25) is 0 Å². The number of nitrogens with two attached hydrogens (primary N) is 1. The SMILES string of the molecule is CN(CCCCCCCCCCCCCCCCCCCC(=O)O)C(=N)N. The third-order valence-electron chi connectivity index (χ3n) is 5.30. The lowest BCUT2D eigenvalue weighted by Gasteiger charge is -2.15. The van der Waals surface area contributed by atoms with E-state index in [1.165, 1.54) is 89.9 Å². The van der Waals surface area contributed by atoms with Crippen LogP contribution in [-0.4, -0.2) is 35.5 Å². The average molecular weight is 384 g/mol. The molecule has 0 spiro atoms. The summed E-state index contributed by atoms with van der Waals surface area (Å²) in [6, 6.07) is 0. The van der Waals surface area contributed by atoms with Gasteiger partial charge < -0.3 is 15.7 Å². The number of nitrogens with zero attached hydrogens (tertiary/aromatic N) is 1. The molecular weight excluding hydrogens is 338 g/mol. The number of aliphatic carboxylic acids is 1. The summed E-state index contributed by atoms with van der Waals surface area (Å²) in [6.45, 7) is 0.903. The number of rotatable bonds is 20. The van der Waals surface area contributed by atoms with Gasteiger partial charge in [-0.3, -0.25) is 10.2 Å². The Bertz CT molecular complexity index is 361. The summed E-state index contributed by atoms with van der Waals surface area (Å²) in [6.07, 6.45) is 22.0. The van der Waals surface area contributed by atoms with Crippen molar-refractivity contribution in [2.24, 2.45) is 5.73 Å². The Morgan fingerprint density at radius 1 is 0.704 bits per heavy atom. The zero-order valence-electron chi connectivity index (χ0n) is 17.8. The van der Waals surface area contributed by atoms with Crippen LogP contribution in [-0.2, 0) is 4.79 Å². The second-order valence-electron chi connectivity index (χ2n) is 7.96. The lowest BCUT2D eigenvalue weighted by molar-refractivity contribution is -0.137. The smallest absolute Gasteiger partial charge is 0.303 e. The van der Waals surface area contributed by atoms with Gasteiger partial charge in [0.1, 0.15) is 0 Å². The highest BCUT2D eigenvalue weighted by atomic mass is 16.4. The Labute approximate surface area is 167 Å². The quantitative estimate of drug-likeness (QED) is 0.138. The van der Waals surface area contributed by atoms with Gasteiger partial charge in [0, 0.05) is 20.0 Å². The van der Waals surface area contributed by atoms with Crippen molar-refractivity contribution in [3.8, 4) is 0 Å². The molecule has 0 radical (unpaired) electrons. The molecule has 0 aliphatic rings. The standard InChI is InChI=1S/C22H45N3O2/c1-25(22(23)24)20-18-16-14-12-10-8-6-4-2-3-5-7-9-11-13-15-17-19-21(26)27/h2-20H2,1H3,(H3,23,24)(H,26,27). The molecule has 0 rings (SSSR count). The molecule has 0 saturated heterocycles. The molecule has 0 aliphatic carbocycles. The summed E-state index contributed by atoms with van der Waals surface area (Å²) in [7, 11) is 1.88. The van der Waals surface area contributed by atoms with Crippen LogP contribution >= 0.6 is 0 Å². The molecule has 0 aromatic rings. The molecule has 4 N–H and O–H groups in total. The lowest BCUT2D eigenvalue weighted by atomic mass is 10.0. The van der Waals surface area contributed by atoms with E-state index in [4.69, 9.17) is 16.2 Å². The molecule has 0 aromatic heterocycles. The molecular formula is C22H45N3O2. The molecule has 0 amide bonds. The molecule has 5 nitrogen and oxygen atoms in total. The summed E-state index contributed by atoms with van der Waals surface area (Å²) in [5.41, 5.74) is 5.41. The van der Waals surface area contributed by atoms with Crippen LogP contribution in [0.4, 0.5) is 0 Å². The topological polar surface area (TPSA) is 90.4 Å². The summed E-state index contributed by atoms with van der Waals surface area (Å²) >= 11 is 0. The van der Waals surface area contributed by atoms with E-state index in [-0.39, 0.29) is 5.96 Å². The molecule has 0 atom stereocenters. The van der Waals surface area contributed by atoms with Crippen LogP contribution in [0.1, 0.15) is 116 Å². The van der Waals surface area contributed by atoms with Gasteiger partial charge in [0.05, 0.1) is 0 Å². The lowest BCUT2D eigenvalue weighted by Crippen LogP contribution is -2.33. The summed E-state index contributed by atoms with van der Waals surface area (Å²) in [4.78, 5) is 12.2. The number of guanidine groups is 1. The zero-order chi connectivity index (χ0) is 20.2. The molecule has 0 unspecified atom stereocenters. The summed E-state index contributed by atoms with van der Waals surface area (Å²) in [5.74, 6) is -0.493. The van der Waals surface area contributed by atoms with Crippen molar-refractivity contribution in [3.63, 3.8) is 0 Å². The van der Waals surface area contributed by atoms with Crippen LogP contribution in [0.2, 0.25) is 0 Å². The van der Waals surface area contributed by atoms with Gasteiger partial charge in [-0.1, -0.05) is 96.3 Å². The van der Waals surface area contributed by atoms with E-state index in [1.807, 2.05) is 11.9 Å². The number of hydrogen-bond acceptors (Lipinski definition) is 2. The van der Waals surface area contributed by atoms with Crippen molar-refractivity contribution >= 4 is 11.9 Å². The van der Waals surface area contributed by atoms with Crippen LogP contribution in [0.5, 0.6) is 0 Å². The maximum atomic E-state index is 10.4. The van der Waals surface area contributed by atoms with Crippen molar-refractivity contribution in [3.05, 3.63) is 0 Å². The van der Waals surface area contributed by atoms with Gasteiger partial charge in [-0.05, 0) is 12.8 Å². The van der Waals surface area contributed by atoms with Crippen LogP contribution in [0.25, 0.3) is 0 Å². The first-order valence-corrected chi connectivity index (χ1v) is 11.3. The highest BCUT2D eigenvalue weighted by Gasteiger charge is 1.99. The number of unbranched alkanes of at least 4 members (excludes halogenated alkanes) is 16. The van der Waals surface area contributed by atoms with Gasteiger partial charge in [-0.25, -0.2) is 0 Å². The molecule has 0 saturated carbocycles. The molecule has 0 heterocycles. The minimum atomic E-state index is -0.663. The van der Waals surface area contributed by atoms with Gasteiger partial charge in [0.15, 0.2) is 5.96 Å². The van der Waals surface area contributed by atoms with Crippen molar-refractivity contribution in [2.75, 3.05) is 13.6 Å². The fourth-order valence-corrected chi connectivity index (χ4v) is 3.40. The van der Waals surface area contributed by atoms with Crippen LogP contribution in [0.3, 0.4) is 0 Å². The van der Waals surface area contributed by atoms with Gasteiger partial charge in [0.25, 0.3) is 0 Å². The Kier molecular flexibility index (Phi) is 18.6. The monoisotopic (exact) mass is 383 g/mol. The molecule has 0 bridgehead atoms. The first kappa shape index (κ1) is 25.7. The highest BCUT2D eigenvalue weighted by Crippen LogP contribution is 2.14. The van der Waals surface area contributed by atoms with Crippen molar-refractivity contribution in [1.82, 2.24) is 4.90 Å². The van der Waals surface area contributed by atoms with E-state index in [0.29, 0.717) is 6.42 Å². The minimum absolute atomic E-state index is 0.169. The van der Waals surface area contributed by atoms with Gasteiger partial charge in [-0.2, -0.15) is 0 Å². The second kappa shape index (κ2) is 19.5. The predicted octanol–water partition coefficient (Wildman–Crippen LogP) is 5.92. The Balaban J connectivity index is 3.07. The molecule has 160 valence electrons. The third kappa shape index (κ3) is 20.9. The molecule has 0 fully saturated rings. The van der Waals surface area contributed by atoms with E-state index in [9.17, 15) is 4.79 Å². The van der Waals surface area contributed by atoms with E-state index >= 15 is 0 Å². The Morgan fingerprint density at radius 2 is 1.00 bits per heavy atom. The maximum Gasteiger partial charge on any atom is 0.303 e. The zero-order valence-corrected chi connectivity index (χ0v) is 17.8. The van der Waals surface area contributed by atoms with Crippen LogP contribution < -0.4 is 5.73 Å². The number of carboxylic acids is 1. The minimum Gasteiger partial charge on any atom is -0.481 e. The number of carbonyl (C=O) groups is 1. The summed E-state index contributed by atoms with van der Waals surface area (Å²) in [5, 5.41) is 15.9. The van der Waals surface area contributed by atoms with E-state index < -0.39 is 5.97 Å². The Morgan fingerprint density at radius 3 is 1.30 bits per heavy atom. The number of carboxylic acid groups (broad SMARTS) is 1. The summed E-state index contributed by atoms with van der Waals surface area (Å²) < 4.78 is 0.